The molecule has 5 rings (SSSR count). The maximum absolute atomic E-state index is 11.3. The zero-order chi connectivity index (χ0) is 23.9. The van der Waals surface area contributed by atoms with E-state index in [1.54, 1.807) is 11.8 Å². The molecule has 0 aliphatic carbocycles. The number of esters is 1. The quantitative estimate of drug-likeness (QED) is 0.135. The Morgan fingerprint density at radius 3 is 2.26 bits per heavy atom. The van der Waals surface area contributed by atoms with E-state index in [-0.39, 0.29) is 5.97 Å². The number of benzene rings is 3. The van der Waals surface area contributed by atoms with E-state index in [4.69, 9.17) is 17.0 Å². The minimum atomic E-state index is -0.207. The Morgan fingerprint density at radius 2 is 1.59 bits per heavy atom. The average Bonchev–Trinajstić information content (AvgIpc) is 3.44. The number of thioether (sulfide) groups is 2. The number of carbonyl (C=O) groups is 1. The highest BCUT2D eigenvalue weighted by Gasteiger charge is 2.09. The molecule has 0 saturated heterocycles. The van der Waals surface area contributed by atoms with Gasteiger partial charge in [-0.2, -0.15) is 0 Å². The number of methoxy groups -OCH3 is 1. The largest absolute Gasteiger partial charge is 0.468 e. The fourth-order valence-corrected chi connectivity index (χ4v) is 5.37. The number of para-hydroxylation sites is 4. The van der Waals surface area contributed by atoms with Crippen molar-refractivity contribution < 1.29 is 9.53 Å². The second-order valence-corrected chi connectivity index (χ2v) is 9.77. The number of aromatic nitrogens is 4. The number of H-pyrrole nitrogens is 3. The number of ether oxygens (including phenoxy) is 1. The minimum Gasteiger partial charge on any atom is -0.468 e. The molecule has 3 aromatic carbocycles. The van der Waals surface area contributed by atoms with E-state index >= 15 is 0 Å². The number of hydrogen-bond donors (Lipinski definition) is 3. The first kappa shape index (κ1) is 24.1. The van der Waals surface area contributed by atoms with Gasteiger partial charge in [-0.15, -0.1) is 11.8 Å². The predicted molar refractivity (Wildman–Crippen MR) is 143 cm³/mol. The summed E-state index contributed by atoms with van der Waals surface area (Å²) in [5.74, 6) is 0.956. The van der Waals surface area contributed by atoms with Gasteiger partial charge in [-0.1, -0.05) is 48.2 Å². The summed E-state index contributed by atoms with van der Waals surface area (Å²) in [4.78, 5) is 26.4. The van der Waals surface area contributed by atoms with Crippen molar-refractivity contribution in [1.29, 1.82) is 0 Å². The second-order valence-electron chi connectivity index (χ2n) is 7.38. The number of hydrogen-bond acceptors (Lipinski definition) is 6. The number of nitrogens with one attached hydrogen (secondary N) is 3. The number of rotatable bonds is 6. The lowest BCUT2D eigenvalue weighted by molar-refractivity contribution is -0.137. The summed E-state index contributed by atoms with van der Waals surface area (Å²) >= 11 is 8.10. The molecule has 2 heterocycles. The minimum absolute atomic E-state index is 0.207. The molecule has 34 heavy (non-hydrogen) atoms. The lowest BCUT2D eigenvalue weighted by Gasteiger charge is -2.10. The molecule has 0 radical (unpaired) electrons. The maximum atomic E-state index is 11.3. The number of imidazole rings is 2. The van der Waals surface area contributed by atoms with Gasteiger partial charge in [-0.3, -0.25) is 4.79 Å². The van der Waals surface area contributed by atoms with Crippen molar-refractivity contribution in [3.8, 4) is 0 Å². The molecule has 2 aromatic heterocycles. The summed E-state index contributed by atoms with van der Waals surface area (Å²) in [6.45, 7) is 2.09. The fourth-order valence-electron chi connectivity index (χ4n) is 3.29. The van der Waals surface area contributed by atoms with Crippen molar-refractivity contribution in [2.24, 2.45) is 0 Å². The molecule has 0 bridgehead atoms. The molecule has 0 unspecified atom stereocenters. The number of fused-ring (bicyclic) bond motifs is 2. The van der Waals surface area contributed by atoms with Crippen LogP contribution in [0.4, 0.5) is 0 Å². The first-order valence-corrected chi connectivity index (χ1v) is 12.9. The third-order valence-corrected chi connectivity index (χ3v) is 7.38. The van der Waals surface area contributed by atoms with E-state index in [2.05, 4.69) is 32.9 Å². The van der Waals surface area contributed by atoms with Gasteiger partial charge in [0.25, 0.3) is 0 Å². The van der Waals surface area contributed by atoms with E-state index in [1.165, 1.54) is 30.0 Å². The van der Waals surface area contributed by atoms with Crippen molar-refractivity contribution in [1.82, 2.24) is 19.9 Å². The monoisotopic (exact) mass is 508 g/mol. The normalized spacial score (nSPS) is 10.8. The van der Waals surface area contributed by atoms with Crippen molar-refractivity contribution in [2.75, 3.05) is 12.9 Å². The number of carbonyl (C=O) groups excluding carboxylic acids is 1. The SMILES string of the molecule is COC(=O)CSc1cccc(CSc2nc3ccccc3[nH]2)c1C.S=c1[nH]c2ccccc2[nH]1. The van der Waals surface area contributed by atoms with E-state index in [1.807, 2.05) is 60.7 Å². The Labute approximate surface area is 210 Å². The van der Waals surface area contributed by atoms with Crippen molar-refractivity contribution in [2.45, 2.75) is 22.7 Å². The summed E-state index contributed by atoms with van der Waals surface area (Å²) < 4.78 is 5.38. The van der Waals surface area contributed by atoms with Gasteiger partial charge in [0.15, 0.2) is 9.93 Å². The Kier molecular flexibility index (Phi) is 8.10. The fraction of sp³-hybridized carbons (Fsp3) is 0.160. The highest BCUT2D eigenvalue weighted by molar-refractivity contribution is 8.00. The van der Waals surface area contributed by atoms with E-state index in [0.717, 1.165) is 37.9 Å². The Hall–Kier alpha value is -3.01. The summed E-state index contributed by atoms with van der Waals surface area (Å²) in [6, 6.07) is 22.1. The molecule has 0 spiro atoms. The Morgan fingerprint density at radius 1 is 0.912 bits per heavy atom. The summed E-state index contributed by atoms with van der Waals surface area (Å²) in [5, 5.41) is 0.920. The van der Waals surface area contributed by atoms with Crippen LogP contribution in [0.1, 0.15) is 11.1 Å². The van der Waals surface area contributed by atoms with E-state index in [9.17, 15) is 4.79 Å². The second kappa shape index (κ2) is 11.4. The Bertz CT molecular complexity index is 1400. The molecular formula is C25H24N4O2S3. The lowest BCUT2D eigenvalue weighted by Crippen LogP contribution is -2.03. The van der Waals surface area contributed by atoms with Gasteiger partial charge >= 0.3 is 5.97 Å². The Balaban J connectivity index is 0.000000226. The molecule has 6 nitrogen and oxygen atoms in total. The smallest absolute Gasteiger partial charge is 0.315 e. The van der Waals surface area contributed by atoms with Gasteiger partial charge in [0.05, 0.1) is 34.9 Å². The molecule has 0 saturated carbocycles. The van der Waals surface area contributed by atoms with Gasteiger partial charge in [0, 0.05) is 10.6 Å². The van der Waals surface area contributed by atoms with Gasteiger partial charge < -0.3 is 19.7 Å². The molecule has 0 fully saturated rings. The van der Waals surface area contributed by atoms with Crippen LogP contribution in [-0.4, -0.2) is 38.8 Å². The third kappa shape index (κ3) is 6.11. The van der Waals surface area contributed by atoms with Crippen LogP contribution < -0.4 is 0 Å². The zero-order valence-corrected chi connectivity index (χ0v) is 21.2. The van der Waals surface area contributed by atoms with Crippen LogP contribution in [0.25, 0.3) is 22.1 Å². The molecule has 5 aromatic rings. The van der Waals surface area contributed by atoms with Gasteiger partial charge in [0.1, 0.15) is 0 Å². The van der Waals surface area contributed by atoms with Crippen LogP contribution in [0, 0.1) is 11.7 Å². The van der Waals surface area contributed by atoms with Crippen LogP contribution in [0.3, 0.4) is 0 Å². The first-order valence-electron chi connectivity index (χ1n) is 10.6. The van der Waals surface area contributed by atoms with Crippen molar-refractivity contribution in [3.63, 3.8) is 0 Å². The summed E-state index contributed by atoms with van der Waals surface area (Å²) in [5.41, 5.74) is 6.61. The highest BCUT2D eigenvalue weighted by Crippen LogP contribution is 2.29. The van der Waals surface area contributed by atoms with Crippen LogP contribution in [0.2, 0.25) is 0 Å². The van der Waals surface area contributed by atoms with Gasteiger partial charge in [0.2, 0.25) is 0 Å². The van der Waals surface area contributed by atoms with Crippen LogP contribution in [0.15, 0.2) is 76.8 Å². The lowest BCUT2D eigenvalue weighted by atomic mass is 10.1. The molecule has 0 amide bonds. The van der Waals surface area contributed by atoms with Gasteiger partial charge in [-0.25, -0.2) is 4.98 Å². The van der Waals surface area contributed by atoms with Crippen LogP contribution in [0.5, 0.6) is 0 Å². The standard InChI is InChI=1S/C18H18N2O2S2.C7H6N2S/c1-12-13(6-5-9-16(12)23-11-17(21)22-2)10-24-18-19-14-7-3-4-8-15(14)20-18;10-7-8-5-3-1-2-4-6(5)9-7/h3-9H,10-11H2,1-2H3,(H,19,20);1-4H,(H2,8,9,10). The molecule has 0 aliphatic rings. The van der Waals surface area contributed by atoms with E-state index in [0.29, 0.717) is 10.5 Å². The number of aromatic amines is 3. The molecule has 3 N–H and O–H groups in total. The zero-order valence-electron chi connectivity index (χ0n) is 18.8. The average molecular weight is 509 g/mol. The number of nitrogens with zero attached hydrogens (tertiary/aromatic N) is 1. The molecule has 9 heteroatoms. The van der Waals surface area contributed by atoms with Crippen molar-refractivity contribution >= 4 is 63.8 Å². The molecular weight excluding hydrogens is 485 g/mol. The van der Waals surface area contributed by atoms with E-state index < -0.39 is 0 Å². The predicted octanol–water partition coefficient (Wildman–Crippen LogP) is 6.65. The van der Waals surface area contributed by atoms with Gasteiger partial charge in [-0.05, 0) is 60.6 Å². The maximum Gasteiger partial charge on any atom is 0.315 e. The molecule has 0 aliphatic heterocycles. The van der Waals surface area contributed by atoms with Crippen LogP contribution >= 0.6 is 35.7 Å². The summed E-state index contributed by atoms with van der Waals surface area (Å²) in [6.07, 6.45) is 0. The summed E-state index contributed by atoms with van der Waals surface area (Å²) in [7, 11) is 1.41. The van der Waals surface area contributed by atoms with Crippen LogP contribution in [-0.2, 0) is 15.3 Å². The molecule has 174 valence electrons. The topological polar surface area (TPSA) is 86.6 Å². The highest BCUT2D eigenvalue weighted by atomic mass is 32.2. The molecule has 0 atom stereocenters. The first-order chi connectivity index (χ1) is 16.5. The third-order valence-electron chi connectivity index (χ3n) is 5.12. The van der Waals surface area contributed by atoms with Crippen molar-refractivity contribution in [3.05, 3.63) is 82.6 Å².